The standard InChI is InChI=1S/C18H21FN2O3/c1-12-14-11-13(19)3-4-15(14)24-16(12)17(22)21-9-10-23-18(21)5-7-20(2)8-6-18/h3-4,11H,5-10H2,1-2H3. The van der Waals surface area contributed by atoms with Gasteiger partial charge in [-0.3, -0.25) is 4.79 Å². The molecule has 1 amide bonds. The van der Waals surface area contributed by atoms with Crippen molar-refractivity contribution < 1.29 is 18.3 Å². The van der Waals surface area contributed by atoms with Crippen molar-refractivity contribution in [1.29, 1.82) is 0 Å². The molecule has 1 aromatic carbocycles. The van der Waals surface area contributed by atoms with Gasteiger partial charge >= 0.3 is 0 Å². The highest BCUT2D eigenvalue weighted by Gasteiger charge is 2.47. The maximum Gasteiger partial charge on any atom is 0.292 e. The quantitative estimate of drug-likeness (QED) is 0.806. The number of benzene rings is 1. The van der Waals surface area contributed by atoms with E-state index in [9.17, 15) is 9.18 Å². The second kappa shape index (κ2) is 5.57. The number of nitrogens with zero attached hydrogens (tertiary/aromatic N) is 2. The zero-order chi connectivity index (χ0) is 16.9. The number of furan rings is 1. The molecule has 128 valence electrons. The van der Waals surface area contributed by atoms with Crippen molar-refractivity contribution in [3.8, 4) is 0 Å². The van der Waals surface area contributed by atoms with Gasteiger partial charge in [0.25, 0.3) is 5.91 Å². The summed E-state index contributed by atoms with van der Waals surface area (Å²) < 4.78 is 25.2. The van der Waals surface area contributed by atoms with Crippen LogP contribution in [-0.2, 0) is 4.74 Å². The van der Waals surface area contributed by atoms with Gasteiger partial charge in [0, 0.05) is 43.4 Å². The minimum absolute atomic E-state index is 0.161. The summed E-state index contributed by atoms with van der Waals surface area (Å²) in [5, 5.41) is 0.649. The molecule has 2 saturated heterocycles. The Hall–Kier alpha value is -1.92. The molecule has 0 bridgehead atoms. The molecule has 5 nitrogen and oxygen atoms in total. The molecular weight excluding hydrogens is 311 g/mol. The first kappa shape index (κ1) is 15.6. The number of carbonyl (C=O) groups excluding carboxylic acids is 1. The van der Waals surface area contributed by atoms with Gasteiger partial charge in [-0.25, -0.2) is 4.39 Å². The van der Waals surface area contributed by atoms with Crippen LogP contribution < -0.4 is 0 Å². The lowest BCUT2D eigenvalue weighted by Gasteiger charge is -2.42. The van der Waals surface area contributed by atoms with E-state index in [4.69, 9.17) is 9.15 Å². The van der Waals surface area contributed by atoms with E-state index < -0.39 is 5.72 Å². The number of likely N-dealkylation sites (tertiary alicyclic amines) is 1. The van der Waals surface area contributed by atoms with Crippen LogP contribution in [0.5, 0.6) is 0 Å². The largest absolute Gasteiger partial charge is 0.451 e. The Bertz CT molecular complexity index is 793. The van der Waals surface area contributed by atoms with E-state index in [1.54, 1.807) is 17.9 Å². The summed E-state index contributed by atoms with van der Waals surface area (Å²) in [5.74, 6) is -0.202. The molecule has 2 fully saturated rings. The Labute approximate surface area is 140 Å². The second-order valence-corrected chi connectivity index (χ2v) is 6.75. The van der Waals surface area contributed by atoms with Gasteiger partial charge in [-0.1, -0.05) is 0 Å². The van der Waals surface area contributed by atoms with Gasteiger partial charge in [-0.2, -0.15) is 0 Å². The first-order valence-corrected chi connectivity index (χ1v) is 8.33. The summed E-state index contributed by atoms with van der Waals surface area (Å²) in [6, 6.07) is 4.33. The number of hydrogen-bond acceptors (Lipinski definition) is 4. The van der Waals surface area contributed by atoms with E-state index in [2.05, 4.69) is 11.9 Å². The number of fused-ring (bicyclic) bond motifs is 1. The molecule has 0 aliphatic carbocycles. The number of amides is 1. The number of aryl methyl sites for hydroxylation is 1. The van der Waals surface area contributed by atoms with E-state index in [0.29, 0.717) is 35.4 Å². The van der Waals surface area contributed by atoms with Gasteiger partial charge in [0.2, 0.25) is 0 Å². The molecular formula is C18H21FN2O3. The average Bonchev–Trinajstić information content (AvgIpc) is 3.12. The molecule has 2 aliphatic rings. The Morgan fingerprint density at radius 2 is 2.00 bits per heavy atom. The maximum atomic E-state index is 13.5. The fourth-order valence-electron chi connectivity index (χ4n) is 3.80. The van der Waals surface area contributed by atoms with Crippen molar-refractivity contribution >= 4 is 16.9 Å². The van der Waals surface area contributed by atoms with Crippen LogP contribution in [0.1, 0.15) is 29.0 Å². The molecule has 3 heterocycles. The summed E-state index contributed by atoms with van der Waals surface area (Å²) in [5.41, 5.74) is 0.694. The summed E-state index contributed by atoms with van der Waals surface area (Å²) in [6.45, 7) is 4.70. The molecule has 0 unspecified atom stereocenters. The van der Waals surface area contributed by atoms with Gasteiger partial charge in [0.15, 0.2) is 5.76 Å². The molecule has 0 N–H and O–H groups in total. The van der Waals surface area contributed by atoms with Crippen molar-refractivity contribution in [2.24, 2.45) is 0 Å². The van der Waals surface area contributed by atoms with Crippen molar-refractivity contribution in [3.63, 3.8) is 0 Å². The number of carbonyl (C=O) groups is 1. The fraction of sp³-hybridized carbons (Fsp3) is 0.500. The topological polar surface area (TPSA) is 45.9 Å². The lowest BCUT2D eigenvalue weighted by molar-refractivity contribution is -0.103. The predicted molar refractivity (Wildman–Crippen MR) is 87.4 cm³/mol. The van der Waals surface area contributed by atoms with Crippen LogP contribution >= 0.6 is 0 Å². The van der Waals surface area contributed by atoms with Crippen LogP contribution in [0.15, 0.2) is 22.6 Å². The normalized spacial score (nSPS) is 21.0. The van der Waals surface area contributed by atoms with E-state index in [0.717, 1.165) is 25.9 Å². The number of piperidine rings is 1. The first-order valence-electron chi connectivity index (χ1n) is 8.33. The third-order valence-electron chi connectivity index (χ3n) is 5.28. The Kier molecular flexibility index (Phi) is 3.62. The van der Waals surface area contributed by atoms with Gasteiger partial charge in [0.1, 0.15) is 17.1 Å². The molecule has 2 aliphatic heterocycles. The van der Waals surface area contributed by atoms with E-state index >= 15 is 0 Å². The summed E-state index contributed by atoms with van der Waals surface area (Å²) >= 11 is 0. The SMILES string of the molecule is Cc1c(C(=O)N2CCOC23CCN(C)CC3)oc2ccc(F)cc12. The Morgan fingerprint density at radius 3 is 2.75 bits per heavy atom. The summed E-state index contributed by atoms with van der Waals surface area (Å²) in [7, 11) is 2.08. The molecule has 1 aromatic heterocycles. The minimum Gasteiger partial charge on any atom is -0.451 e. The van der Waals surface area contributed by atoms with Crippen molar-refractivity contribution in [2.45, 2.75) is 25.5 Å². The van der Waals surface area contributed by atoms with Crippen LogP contribution in [-0.4, -0.2) is 54.7 Å². The van der Waals surface area contributed by atoms with Crippen LogP contribution in [0.4, 0.5) is 4.39 Å². The third kappa shape index (κ3) is 2.32. The zero-order valence-electron chi connectivity index (χ0n) is 14.0. The van der Waals surface area contributed by atoms with Gasteiger partial charge in [-0.15, -0.1) is 0 Å². The molecule has 0 radical (unpaired) electrons. The van der Waals surface area contributed by atoms with E-state index in [1.165, 1.54) is 12.1 Å². The van der Waals surface area contributed by atoms with Crippen LogP contribution in [0.25, 0.3) is 11.0 Å². The first-order chi connectivity index (χ1) is 11.5. The molecule has 24 heavy (non-hydrogen) atoms. The lowest BCUT2D eigenvalue weighted by Crippen LogP contribution is -2.54. The molecule has 1 spiro atoms. The molecule has 2 aromatic rings. The molecule has 6 heteroatoms. The van der Waals surface area contributed by atoms with E-state index in [1.807, 2.05) is 0 Å². The van der Waals surface area contributed by atoms with Crippen molar-refractivity contribution in [1.82, 2.24) is 9.80 Å². The number of rotatable bonds is 1. The highest BCUT2D eigenvalue weighted by Crippen LogP contribution is 2.36. The van der Waals surface area contributed by atoms with Gasteiger partial charge in [0.05, 0.1) is 6.61 Å². The highest BCUT2D eigenvalue weighted by molar-refractivity contribution is 5.99. The average molecular weight is 332 g/mol. The summed E-state index contributed by atoms with van der Waals surface area (Å²) in [6.07, 6.45) is 1.59. The van der Waals surface area contributed by atoms with Gasteiger partial charge < -0.3 is 19.0 Å². The molecule has 0 saturated carbocycles. The van der Waals surface area contributed by atoms with Crippen LogP contribution in [0, 0.1) is 12.7 Å². The Morgan fingerprint density at radius 1 is 1.25 bits per heavy atom. The smallest absolute Gasteiger partial charge is 0.292 e. The van der Waals surface area contributed by atoms with Crippen molar-refractivity contribution in [3.05, 3.63) is 35.3 Å². The van der Waals surface area contributed by atoms with Gasteiger partial charge in [-0.05, 0) is 32.2 Å². The number of halogens is 1. The third-order valence-corrected chi connectivity index (χ3v) is 5.28. The fourth-order valence-corrected chi connectivity index (χ4v) is 3.80. The number of hydrogen-bond donors (Lipinski definition) is 0. The van der Waals surface area contributed by atoms with Crippen molar-refractivity contribution in [2.75, 3.05) is 33.3 Å². The van der Waals surface area contributed by atoms with Crippen LogP contribution in [0.3, 0.4) is 0 Å². The van der Waals surface area contributed by atoms with E-state index in [-0.39, 0.29) is 11.7 Å². The molecule has 4 rings (SSSR count). The lowest BCUT2D eigenvalue weighted by atomic mass is 9.98. The summed E-state index contributed by atoms with van der Waals surface area (Å²) in [4.78, 5) is 17.2. The number of ether oxygens (including phenoxy) is 1. The monoisotopic (exact) mass is 332 g/mol. The Balaban J connectivity index is 1.69. The zero-order valence-corrected chi connectivity index (χ0v) is 14.0. The second-order valence-electron chi connectivity index (χ2n) is 6.75. The maximum absolute atomic E-state index is 13.5. The predicted octanol–water partition coefficient (Wildman–Crippen LogP) is 2.77. The molecule has 0 atom stereocenters. The minimum atomic E-state index is -0.528. The van der Waals surface area contributed by atoms with Crippen LogP contribution in [0.2, 0.25) is 0 Å². The highest BCUT2D eigenvalue weighted by atomic mass is 19.1.